The van der Waals surface area contributed by atoms with E-state index < -0.39 is 26.0 Å². The molecule has 2 heterocycles. The monoisotopic (exact) mass is 507 g/mol. The molecule has 0 saturated carbocycles. The smallest absolute Gasteiger partial charge is 0.255 e. The average molecular weight is 508 g/mol. The number of carbonyl (C=O) groups excluding carboxylic acids is 1. The van der Waals surface area contributed by atoms with Crippen molar-refractivity contribution in [2.24, 2.45) is 0 Å². The molecule has 34 heavy (non-hydrogen) atoms. The minimum absolute atomic E-state index is 0.0618. The molecule has 0 atom stereocenters. The zero-order chi connectivity index (χ0) is 24.5. The van der Waals surface area contributed by atoms with Gasteiger partial charge in [-0.3, -0.25) is 4.79 Å². The summed E-state index contributed by atoms with van der Waals surface area (Å²) in [4.78, 5) is 13.2. The molecule has 2 aliphatic heterocycles. The van der Waals surface area contributed by atoms with Crippen LogP contribution in [-0.2, 0) is 20.0 Å². The molecule has 4 rings (SSSR count). The molecular formula is C23H29N3O6S2. The molecule has 184 valence electrons. The zero-order valence-electron chi connectivity index (χ0n) is 19.3. The van der Waals surface area contributed by atoms with Crippen molar-refractivity contribution in [2.75, 3.05) is 38.6 Å². The van der Waals surface area contributed by atoms with Crippen molar-refractivity contribution >= 4 is 31.6 Å². The van der Waals surface area contributed by atoms with Gasteiger partial charge < -0.3 is 10.1 Å². The van der Waals surface area contributed by atoms with Gasteiger partial charge in [-0.2, -0.15) is 8.61 Å². The minimum Gasteiger partial charge on any atom is -0.495 e. The summed E-state index contributed by atoms with van der Waals surface area (Å²) in [7, 11) is -5.97. The molecule has 0 spiro atoms. The molecule has 2 aromatic carbocycles. The maximum absolute atomic E-state index is 13.1. The second-order valence-corrected chi connectivity index (χ2v) is 12.4. The first kappa shape index (κ1) is 24.6. The van der Waals surface area contributed by atoms with E-state index in [2.05, 4.69) is 5.32 Å². The average Bonchev–Trinajstić information content (AvgIpc) is 3.54. The third kappa shape index (κ3) is 4.70. The summed E-state index contributed by atoms with van der Waals surface area (Å²) in [5, 5.41) is 2.69. The van der Waals surface area contributed by atoms with E-state index in [-0.39, 0.29) is 21.0 Å². The van der Waals surface area contributed by atoms with Crippen LogP contribution in [-0.4, -0.2) is 64.6 Å². The Morgan fingerprint density at radius 2 is 1.44 bits per heavy atom. The van der Waals surface area contributed by atoms with E-state index >= 15 is 0 Å². The Balaban J connectivity index is 1.64. The second-order valence-electron chi connectivity index (χ2n) is 8.52. The van der Waals surface area contributed by atoms with Crippen LogP contribution in [0.2, 0.25) is 0 Å². The van der Waals surface area contributed by atoms with Crippen LogP contribution in [0.5, 0.6) is 5.75 Å². The molecular weight excluding hydrogens is 478 g/mol. The maximum Gasteiger partial charge on any atom is 0.255 e. The number of amides is 1. The lowest BCUT2D eigenvalue weighted by Crippen LogP contribution is -2.29. The zero-order valence-corrected chi connectivity index (χ0v) is 20.9. The molecule has 0 radical (unpaired) electrons. The number of hydrogen-bond acceptors (Lipinski definition) is 6. The molecule has 2 aliphatic rings. The maximum atomic E-state index is 13.1. The Hall–Kier alpha value is -2.47. The number of carbonyl (C=O) groups is 1. The van der Waals surface area contributed by atoms with E-state index in [4.69, 9.17) is 4.74 Å². The van der Waals surface area contributed by atoms with E-state index in [1.165, 1.54) is 40.0 Å². The SMILES string of the molecule is COc1ccc(S(=O)(=O)N2CCCC2)cc1NC(=O)c1ccc(C)c(S(=O)(=O)N2CCCC2)c1. The lowest BCUT2D eigenvalue weighted by molar-refractivity contribution is 0.102. The number of anilines is 1. The predicted molar refractivity (Wildman–Crippen MR) is 128 cm³/mol. The van der Waals surface area contributed by atoms with E-state index in [0.717, 1.165) is 25.7 Å². The van der Waals surface area contributed by atoms with Crippen LogP contribution in [0.25, 0.3) is 0 Å². The van der Waals surface area contributed by atoms with Crippen LogP contribution in [0.3, 0.4) is 0 Å². The number of ether oxygens (including phenoxy) is 1. The normalized spacial score (nSPS) is 17.7. The quantitative estimate of drug-likeness (QED) is 0.617. The highest BCUT2D eigenvalue weighted by Gasteiger charge is 2.30. The van der Waals surface area contributed by atoms with E-state index in [1.54, 1.807) is 19.1 Å². The van der Waals surface area contributed by atoms with Gasteiger partial charge in [-0.15, -0.1) is 0 Å². The molecule has 0 bridgehead atoms. The Bertz CT molecular complexity index is 1300. The fourth-order valence-electron chi connectivity index (χ4n) is 4.30. The number of hydrogen-bond donors (Lipinski definition) is 1. The molecule has 2 saturated heterocycles. The Kier molecular flexibility index (Phi) is 6.99. The summed E-state index contributed by atoms with van der Waals surface area (Å²) >= 11 is 0. The molecule has 11 heteroatoms. The summed E-state index contributed by atoms with van der Waals surface area (Å²) in [5.74, 6) is -0.266. The van der Waals surface area contributed by atoms with Crippen molar-refractivity contribution in [3.8, 4) is 5.75 Å². The molecule has 2 fully saturated rings. The highest BCUT2D eigenvalue weighted by molar-refractivity contribution is 7.89. The molecule has 0 unspecified atom stereocenters. The molecule has 1 amide bonds. The molecule has 2 aromatic rings. The van der Waals surface area contributed by atoms with Gasteiger partial charge in [-0.25, -0.2) is 16.8 Å². The van der Waals surface area contributed by atoms with E-state index in [1.807, 2.05) is 0 Å². The lowest BCUT2D eigenvalue weighted by Gasteiger charge is -2.19. The van der Waals surface area contributed by atoms with Crippen molar-refractivity contribution in [1.29, 1.82) is 0 Å². The fourth-order valence-corrected chi connectivity index (χ4v) is 7.62. The third-order valence-electron chi connectivity index (χ3n) is 6.26. The number of methoxy groups -OCH3 is 1. The highest BCUT2D eigenvalue weighted by atomic mass is 32.2. The van der Waals surface area contributed by atoms with Gasteiger partial charge in [0, 0.05) is 31.7 Å². The first-order chi connectivity index (χ1) is 16.1. The standard InChI is InChI=1S/C23H29N3O6S2/c1-17-7-8-18(15-22(17)34(30,31)26-13-5-6-14-26)23(27)24-20-16-19(9-10-21(20)32-2)33(28,29)25-11-3-4-12-25/h7-10,15-16H,3-6,11-14H2,1-2H3,(H,24,27). The number of nitrogens with zero attached hydrogens (tertiary/aromatic N) is 2. The minimum atomic E-state index is -3.70. The largest absolute Gasteiger partial charge is 0.495 e. The van der Waals surface area contributed by atoms with Crippen molar-refractivity contribution in [1.82, 2.24) is 8.61 Å². The van der Waals surface area contributed by atoms with Crippen LogP contribution in [0.15, 0.2) is 46.2 Å². The van der Waals surface area contributed by atoms with Gasteiger partial charge in [0.25, 0.3) is 5.91 Å². The fraction of sp³-hybridized carbons (Fsp3) is 0.435. The Labute approximate surface area is 200 Å². The number of benzene rings is 2. The Morgan fingerprint density at radius 3 is 2.03 bits per heavy atom. The molecule has 0 aromatic heterocycles. The first-order valence-electron chi connectivity index (χ1n) is 11.2. The Morgan fingerprint density at radius 1 is 0.853 bits per heavy atom. The number of aryl methyl sites for hydroxylation is 1. The van der Waals surface area contributed by atoms with Gasteiger partial charge in [0.1, 0.15) is 5.75 Å². The van der Waals surface area contributed by atoms with Gasteiger partial charge >= 0.3 is 0 Å². The van der Waals surface area contributed by atoms with Gasteiger partial charge in [-0.05, 0) is 68.5 Å². The molecule has 1 N–H and O–H groups in total. The predicted octanol–water partition coefficient (Wildman–Crippen LogP) is 2.82. The van der Waals surface area contributed by atoms with Gasteiger partial charge in [0.15, 0.2) is 0 Å². The number of nitrogens with one attached hydrogen (secondary N) is 1. The van der Waals surface area contributed by atoms with Gasteiger partial charge in [0.2, 0.25) is 20.0 Å². The molecule has 0 aliphatic carbocycles. The molecule has 9 nitrogen and oxygen atoms in total. The van der Waals surface area contributed by atoms with Crippen molar-refractivity contribution < 1.29 is 26.4 Å². The van der Waals surface area contributed by atoms with E-state index in [0.29, 0.717) is 37.5 Å². The van der Waals surface area contributed by atoms with Crippen LogP contribution in [0.1, 0.15) is 41.6 Å². The first-order valence-corrected chi connectivity index (χ1v) is 14.1. The lowest BCUT2D eigenvalue weighted by atomic mass is 10.1. The van der Waals surface area contributed by atoms with Crippen molar-refractivity contribution in [3.05, 3.63) is 47.5 Å². The second kappa shape index (κ2) is 9.65. The number of rotatable bonds is 7. The summed E-state index contributed by atoms with van der Waals surface area (Å²) in [5.41, 5.74) is 0.898. The highest BCUT2D eigenvalue weighted by Crippen LogP contribution is 2.31. The third-order valence-corrected chi connectivity index (χ3v) is 10.2. The van der Waals surface area contributed by atoms with Gasteiger partial charge in [0.05, 0.1) is 22.6 Å². The van der Waals surface area contributed by atoms with Crippen LogP contribution >= 0.6 is 0 Å². The van der Waals surface area contributed by atoms with E-state index in [9.17, 15) is 21.6 Å². The summed E-state index contributed by atoms with van der Waals surface area (Å²) in [6, 6.07) is 8.84. The summed E-state index contributed by atoms with van der Waals surface area (Å²) in [6.45, 7) is 3.56. The number of sulfonamides is 2. The van der Waals surface area contributed by atoms with Crippen molar-refractivity contribution in [3.63, 3.8) is 0 Å². The van der Waals surface area contributed by atoms with Crippen LogP contribution in [0.4, 0.5) is 5.69 Å². The summed E-state index contributed by atoms with van der Waals surface area (Å²) < 4.78 is 60.2. The van der Waals surface area contributed by atoms with Crippen LogP contribution < -0.4 is 10.1 Å². The van der Waals surface area contributed by atoms with Crippen LogP contribution in [0, 0.1) is 6.92 Å². The summed E-state index contributed by atoms with van der Waals surface area (Å²) in [6.07, 6.45) is 3.26. The van der Waals surface area contributed by atoms with Gasteiger partial charge in [-0.1, -0.05) is 6.07 Å². The topological polar surface area (TPSA) is 113 Å². The van der Waals surface area contributed by atoms with Crippen molar-refractivity contribution in [2.45, 2.75) is 42.4 Å².